The third-order valence-electron chi connectivity index (χ3n) is 6.84. The van der Waals surface area contributed by atoms with Crippen molar-refractivity contribution < 1.29 is 14.6 Å². The van der Waals surface area contributed by atoms with Crippen LogP contribution in [0.3, 0.4) is 0 Å². The first kappa shape index (κ1) is 24.5. The number of rotatable bonds is 6. The van der Waals surface area contributed by atoms with Crippen LogP contribution in [0.4, 0.5) is 11.4 Å². The molecule has 1 aliphatic carbocycles. The normalized spacial score (nSPS) is 20.1. The number of hydrogen-bond donors (Lipinski definition) is 2. The van der Waals surface area contributed by atoms with Gasteiger partial charge in [0.1, 0.15) is 0 Å². The van der Waals surface area contributed by atoms with Crippen molar-refractivity contribution in [1.82, 2.24) is 9.78 Å². The molecule has 1 amide bonds. The van der Waals surface area contributed by atoms with Gasteiger partial charge in [0.05, 0.1) is 41.0 Å². The number of nitrogens with one attached hydrogen (secondary N) is 1. The number of aliphatic hydroxyl groups is 1. The highest BCUT2D eigenvalue weighted by molar-refractivity contribution is 6.05. The van der Waals surface area contributed by atoms with Crippen LogP contribution in [-0.2, 0) is 0 Å². The quantitative estimate of drug-likeness (QED) is 0.411. The second-order valence-corrected chi connectivity index (χ2v) is 9.96. The minimum absolute atomic E-state index is 0.00421. The standard InChI is InChI=1S/C26H32N6O3/c1-17(2)22-6-5-7-23(32(22)35)25(33)28-21-14-18-16-31(29-20(18)15-24(21)30(3)4)19-8-10-26(34,11-9-19)12-13-27/h5-7,14-17,19,34H,8-12H2,1-4H3,(H,28,33). The summed E-state index contributed by atoms with van der Waals surface area (Å²) in [6, 6.07) is 11.0. The zero-order valence-electron chi connectivity index (χ0n) is 20.7. The number of aromatic nitrogens is 3. The van der Waals surface area contributed by atoms with Gasteiger partial charge in [-0.2, -0.15) is 15.1 Å². The molecule has 0 saturated heterocycles. The zero-order chi connectivity index (χ0) is 25.3. The number of amides is 1. The van der Waals surface area contributed by atoms with Gasteiger partial charge in [-0.15, -0.1) is 0 Å². The van der Waals surface area contributed by atoms with Crippen molar-refractivity contribution in [2.24, 2.45) is 0 Å². The van der Waals surface area contributed by atoms with Crippen LogP contribution in [-0.4, -0.2) is 40.5 Å². The van der Waals surface area contributed by atoms with E-state index in [1.807, 2.05) is 55.9 Å². The molecular formula is C26H32N6O3. The van der Waals surface area contributed by atoms with Crippen molar-refractivity contribution in [1.29, 1.82) is 5.26 Å². The number of pyridine rings is 1. The van der Waals surface area contributed by atoms with E-state index >= 15 is 0 Å². The summed E-state index contributed by atoms with van der Waals surface area (Å²) in [6.45, 7) is 3.83. The van der Waals surface area contributed by atoms with Gasteiger partial charge in [0, 0.05) is 43.7 Å². The molecule has 2 N–H and O–H groups in total. The monoisotopic (exact) mass is 476 g/mol. The molecule has 1 aliphatic rings. The number of hydrogen-bond acceptors (Lipinski definition) is 6. The molecular weight excluding hydrogens is 444 g/mol. The van der Waals surface area contributed by atoms with Gasteiger partial charge >= 0.3 is 5.91 Å². The predicted molar refractivity (Wildman–Crippen MR) is 134 cm³/mol. The fraction of sp³-hybridized carbons (Fsp3) is 0.462. The Morgan fingerprint density at radius 1 is 1.37 bits per heavy atom. The number of fused-ring (bicyclic) bond motifs is 1. The maximum Gasteiger partial charge on any atom is 0.321 e. The molecule has 0 unspecified atom stereocenters. The molecule has 0 bridgehead atoms. The minimum Gasteiger partial charge on any atom is -0.618 e. The SMILES string of the molecule is CC(C)c1cccc(C(=O)Nc2cc3cn(C4CCC(O)(CC#N)CC4)nc3cc2N(C)C)[n+]1[O-]. The highest BCUT2D eigenvalue weighted by Crippen LogP contribution is 2.38. The van der Waals surface area contributed by atoms with Gasteiger partial charge in [-0.25, -0.2) is 0 Å². The Morgan fingerprint density at radius 2 is 2.09 bits per heavy atom. The van der Waals surface area contributed by atoms with Gasteiger partial charge in [0.2, 0.25) is 0 Å². The molecule has 184 valence electrons. The van der Waals surface area contributed by atoms with Gasteiger partial charge < -0.3 is 20.5 Å². The molecule has 1 aromatic carbocycles. The second kappa shape index (κ2) is 9.55. The van der Waals surface area contributed by atoms with Crippen molar-refractivity contribution in [3.63, 3.8) is 0 Å². The molecule has 2 aromatic heterocycles. The fourth-order valence-corrected chi connectivity index (χ4v) is 4.76. The summed E-state index contributed by atoms with van der Waals surface area (Å²) in [5.74, 6) is -0.475. The molecule has 9 nitrogen and oxygen atoms in total. The van der Waals surface area contributed by atoms with E-state index in [2.05, 4.69) is 11.4 Å². The summed E-state index contributed by atoms with van der Waals surface area (Å²) in [6.07, 6.45) is 4.72. The Bertz CT molecular complexity index is 1280. The van der Waals surface area contributed by atoms with Gasteiger partial charge in [-0.1, -0.05) is 13.8 Å². The maximum absolute atomic E-state index is 13.1. The topological polar surface area (TPSA) is 121 Å². The molecule has 0 spiro atoms. The van der Waals surface area contributed by atoms with Gasteiger partial charge in [0.25, 0.3) is 5.69 Å². The lowest BCUT2D eigenvalue weighted by atomic mass is 9.80. The highest BCUT2D eigenvalue weighted by atomic mass is 16.5. The van der Waals surface area contributed by atoms with Crippen LogP contribution < -0.4 is 14.9 Å². The van der Waals surface area contributed by atoms with Crippen LogP contribution in [0, 0.1) is 16.5 Å². The lowest BCUT2D eigenvalue weighted by molar-refractivity contribution is -0.617. The van der Waals surface area contributed by atoms with E-state index in [1.54, 1.807) is 12.1 Å². The Labute approximate surface area is 205 Å². The van der Waals surface area contributed by atoms with E-state index in [1.165, 1.54) is 6.07 Å². The van der Waals surface area contributed by atoms with Crippen LogP contribution in [0.1, 0.15) is 74.1 Å². The van der Waals surface area contributed by atoms with Crippen molar-refractivity contribution >= 4 is 28.2 Å². The van der Waals surface area contributed by atoms with Crippen LogP contribution in [0.5, 0.6) is 0 Å². The summed E-state index contributed by atoms with van der Waals surface area (Å²) in [4.78, 5) is 15.0. The van der Waals surface area contributed by atoms with E-state index in [0.29, 0.717) is 29.0 Å². The molecule has 0 radical (unpaired) electrons. The van der Waals surface area contributed by atoms with E-state index in [4.69, 9.17) is 10.4 Å². The van der Waals surface area contributed by atoms with Crippen LogP contribution in [0.15, 0.2) is 36.5 Å². The Balaban J connectivity index is 1.62. The number of carbonyl (C=O) groups is 1. The molecule has 3 aromatic rings. The number of carbonyl (C=O) groups excluding carboxylic acids is 1. The van der Waals surface area contributed by atoms with Crippen LogP contribution in [0.2, 0.25) is 0 Å². The van der Waals surface area contributed by atoms with Crippen molar-refractivity contribution in [2.75, 3.05) is 24.3 Å². The minimum atomic E-state index is -0.904. The lowest BCUT2D eigenvalue weighted by Gasteiger charge is -2.34. The van der Waals surface area contributed by atoms with E-state index in [-0.39, 0.29) is 24.1 Å². The maximum atomic E-state index is 13.1. The van der Waals surface area contributed by atoms with E-state index in [0.717, 1.165) is 29.4 Å². The summed E-state index contributed by atoms with van der Waals surface area (Å²) in [7, 11) is 3.77. The summed E-state index contributed by atoms with van der Waals surface area (Å²) in [5, 5.41) is 40.8. The highest BCUT2D eigenvalue weighted by Gasteiger charge is 2.34. The van der Waals surface area contributed by atoms with Crippen molar-refractivity contribution in [3.05, 3.63) is 53.1 Å². The zero-order valence-corrected chi connectivity index (χ0v) is 20.7. The van der Waals surface area contributed by atoms with Gasteiger partial charge in [0.15, 0.2) is 5.69 Å². The third-order valence-corrected chi connectivity index (χ3v) is 6.84. The first-order chi connectivity index (χ1) is 16.6. The summed E-state index contributed by atoms with van der Waals surface area (Å²) < 4.78 is 2.63. The smallest absolute Gasteiger partial charge is 0.321 e. The molecule has 1 saturated carbocycles. The lowest BCUT2D eigenvalue weighted by Crippen LogP contribution is -2.41. The second-order valence-electron chi connectivity index (χ2n) is 9.96. The summed E-state index contributed by atoms with van der Waals surface area (Å²) >= 11 is 0. The number of nitriles is 1. The van der Waals surface area contributed by atoms with E-state index < -0.39 is 11.5 Å². The first-order valence-corrected chi connectivity index (χ1v) is 12.0. The molecule has 1 fully saturated rings. The molecule has 9 heteroatoms. The fourth-order valence-electron chi connectivity index (χ4n) is 4.76. The van der Waals surface area contributed by atoms with Gasteiger partial charge in [-0.3, -0.25) is 9.48 Å². The number of benzene rings is 1. The van der Waals surface area contributed by atoms with Gasteiger partial charge in [-0.05, 0) is 43.9 Å². The Morgan fingerprint density at radius 3 is 2.71 bits per heavy atom. The largest absolute Gasteiger partial charge is 0.618 e. The molecule has 0 atom stereocenters. The van der Waals surface area contributed by atoms with E-state index in [9.17, 15) is 15.1 Å². The Hall–Kier alpha value is -3.64. The molecule has 0 aliphatic heterocycles. The Kier molecular flexibility index (Phi) is 6.68. The average Bonchev–Trinajstić information content (AvgIpc) is 3.21. The molecule has 35 heavy (non-hydrogen) atoms. The number of anilines is 2. The number of nitrogens with zero attached hydrogens (tertiary/aromatic N) is 5. The first-order valence-electron chi connectivity index (χ1n) is 12.0. The van der Waals surface area contributed by atoms with Crippen molar-refractivity contribution in [2.45, 2.75) is 63.5 Å². The van der Waals surface area contributed by atoms with Crippen molar-refractivity contribution in [3.8, 4) is 6.07 Å². The van der Waals surface area contributed by atoms with Crippen LogP contribution in [0.25, 0.3) is 10.9 Å². The summed E-state index contributed by atoms with van der Waals surface area (Å²) in [5.41, 5.74) is 1.85. The predicted octanol–water partition coefficient (Wildman–Crippen LogP) is 3.87. The molecule has 4 rings (SSSR count). The third kappa shape index (κ3) is 4.93. The molecule has 2 heterocycles. The van der Waals surface area contributed by atoms with Crippen LogP contribution >= 0.6 is 0 Å². The average molecular weight is 477 g/mol.